The molecule has 0 saturated heterocycles. The maximum atomic E-state index is 13.1. The Labute approximate surface area is 226 Å². The van der Waals surface area contributed by atoms with Gasteiger partial charge in [-0.05, 0) is 55.0 Å². The van der Waals surface area contributed by atoms with Gasteiger partial charge in [0.25, 0.3) is 5.56 Å². The van der Waals surface area contributed by atoms with Gasteiger partial charge in [-0.25, -0.2) is 9.78 Å². The highest BCUT2D eigenvalue weighted by molar-refractivity contribution is 5.96. The number of rotatable bonds is 11. The molecule has 2 aromatic heterocycles. The fraction of sp³-hybridized carbons (Fsp3) is 0.393. The van der Waals surface area contributed by atoms with Crippen molar-refractivity contribution in [1.82, 2.24) is 19.8 Å². The second kappa shape index (κ2) is 13.4. The number of amides is 3. The first-order valence-corrected chi connectivity index (χ1v) is 12.7. The maximum absolute atomic E-state index is 13.1. The molecule has 39 heavy (non-hydrogen) atoms. The highest BCUT2D eigenvalue weighted by Gasteiger charge is 2.22. The summed E-state index contributed by atoms with van der Waals surface area (Å²) in [5.74, 6) is 0.0248. The SMILES string of the molecule is COC(=O)N[C@@H](CC/C=C/C(=O)N(C)C)C(=O)Nc1cccn(Cc2nc3cccc(CC(C)C)c3o2)c1=O. The van der Waals surface area contributed by atoms with E-state index in [1.165, 1.54) is 28.7 Å². The van der Waals surface area contributed by atoms with Crippen molar-refractivity contribution in [1.29, 1.82) is 0 Å². The van der Waals surface area contributed by atoms with Gasteiger partial charge >= 0.3 is 6.09 Å². The van der Waals surface area contributed by atoms with Crippen LogP contribution in [0.5, 0.6) is 0 Å². The van der Waals surface area contributed by atoms with Crippen molar-refractivity contribution in [3.63, 3.8) is 0 Å². The number of ether oxygens (including phenoxy) is 1. The number of aromatic nitrogens is 2. The van der Waals surface area contributed by atoms with Crippen LogP contribution in [0.15, 0.2) is 57.9 Å². The number of alkyl carbamates (subject to hydrolysis) is 1. The van der Waals surface area contributed by atoms with E-state index in [0.717, 1.165) is 17.5 Å². The van der Waals surface area contributed by atoms with Gasteiger partial charge in [-0.1, -0.05) is 32.1 Å². The van der Waals surface area contributed by atoms with Gasteiger partial charge in [0.05, 0.1) is 7.11 Å². The second-order valence-electron chi connectivity index (χ2n) is 9.72. The molecule has 2 heterocycles. The number of anilines is 1. The highest BCUT2D eigenvalue weighted by atomic mass is 16.5. The van der Waals surface area contributed by atoms with Crippen LogP contribution in [0.25, 0.3) is 11.1 Å². The molecule has 0 aliphatic rings. The van der Waals surface area contributed by atoms with E-state index in [2.05, 4.69) is 34.2 Å². The summed E-state index contributed by atoms with van der Waals surface area (Å²) in [4.78, 5) is 55.6. The number of likely N-dealkylation sites (N-methyl/N-ethyl adjacent to an activating group) is 1. The van der Waals surface area contributed by atoms with Gasteiger partial charge in [0, 0.05) is 20.3 Å². The Bertz CT molecular complexity index is 1400. The molecule has 208 valence electrons. The predicted octanol–water partition coefficient (Wildman–Crippen LogP) is 3.32. The zero-order chi connectivity index (χ0) is 28.5. The third-order valence-corrected chi connectivity index (χ3v) is 5.87. The van der Waals surface area contributed by atoms with E-state index in [4.69, 9.17) is 4.42 Å². The number of methoxy groups -OCH3 is 1. The number of hydrogen-bond acceptors (Lipinski definition) is 7. The Morgan fingerprint density at radius 2 is 1.95 bits per heavy atom. The first kappa shape index (κ1) is 29.2. The van der Waals surface area contributed by atoms with Crippen molar-refractivity contribution in [2.45, 2.75) is 45.7 Å². The molecule has 2 N–H and O–H groups in total. The van der Waals surface area contributed by atoms with Crippen LogP contribution in [-0.2, 0) is 27.3 Å². The summed E-state index contributed by atoms with van der Waals surface area (Å²) in [5, 5.41) is 5.07. The van der Waals surface area contributed by atoms with Crippen LogP contribution in [0.2, 0.25) is 0 Å². The molecule has 0 aliphatic heterocycles. The number of carbonyl (C=O) groups is 3. The monoisotopic (exact) mass is 537 g/mol. The number of allylic oxidation sites excluding steroid dienone is 1. The van der Waals surface area contributed by atoms with Crippen LogP contribution in [0.4, 0.5) is 10.5 Å². The molecule has 0 unspecified atom stereocenters. The summed E-state index contributed by atoms with van der Waals surface area (Å²) in [6.07, 6.45) is 5.15. The van der Waals surface area contributed by atoms with Crippen molar-refractivity contribution < 1.29 is 23.5 Å². The third kappa shape index (κ3) is 8.03. The lowest BCUT2D eigenvalue weighted by molar-refractivity contribution is -0.123. The van der Waals surface area contributed by atoms with E-state index in [1.807, 2.05) is 18.2 Å². The molecule has 0 spiro atoms. The number of pyridine rings is 1. The predicted molar refractivity (Wildman–Crippen MR) is 147 cm³/mol. The molecule has 3 aromatic rings. The lowest BCUT2D eigenvalue weighted by Gasteiger charge is -2.17. The molecular formula is C28H35N5O6. The maximum Gasteiger partial charge on any atom is 0.407 e. The molecule has 3 amide bonds. The molecule has 3 rings (SSSR count). The van der Waals surface area contributed by atoms with Gasteiger partial charge < -0.3 is 29.3 Å². The van der Waals surface area contributed by atoms with Gasteiger partial charge in [-0.2, -0.15) is 0 Å². The zero-order valence-corrected chi connectivity index (χ0v) is 22.9. The minimum Gasteiger partial charge on any atom is -0.453 e. The van der Waals surface area contributed by atoms with Crippen molar-refractivity contribution in [3.05, 3.63) is 70.5 Å². The molecule has 0 fully saturated rings. The van der Waals surface area contributed by atoms with Crippen LogP contribution < -0.4 is 16.2 Å². The summed E-state index contributed by atoms with van der Waals surface area (Å²) in [7, 11) is 4.44. The molecule has 1 aromatic carbocycles. The van der Waals surface area contributed by atoms with E-state index in [-0.39, 0.29) is 24.6 Å². The Kier molecular flexibility index (Phi) is 10.0. The number of fused-ring (bicyclic) bond motifs is 1. The van der Waals surface area contributed by atoms with Crippen LogP contribution in [0.1, 0.15) is 38.1 Å². The van der Waals surface area contributed by atoms with Gasteiger partial charge in [0.1, 0.15) is 23.8 Å². The second-order valence-corrected chi connectivity index (χ2v) is 9.72. The summed E-state index contributed by atoms with van der Waals surface area (Å²) < 4.78 is 12.0. The lowest BCUT2D eigenvalue weighted by Crippen LogP contribution is -2.44. The standard InChI is InChI=1S/C28H35N5O6/c1-18(2)16-19-10-8-12-20-25(19)39-23(29-20)17-33-15-9-13-22(27(33)36)30-26(35)21(31-28(37)38-5)11-6-7-14-24(34)32(3)4/h7-10,12-15,18,21H,6,11,16-17H2,1-5H3,(H,30,35)(H,31,37)/b14-7+/t21-/m0/s1. The van der Waals surface area contributed by atoms with Crippen LogP contribution >= 0.6 is 0 Å². The molecular weight excluding hydrogens is 502 g/mol. The van der Waals surface area contributed by atoms with Gasteiger partial charge in [0.2, 0.25) is 17.7 Å². The smallest absolute Gasteiger partial charge is 0.407 e. The molecule has 0 bridgehead atoms. The summed E-state index contributed by atoms with van der Waals surface area (Å²) in [6, 6.07) is 7.92. The Morgan fingerprint density at radius 3 is 2.64 bits per heavy atom. The number of nitrogens with zero attached hydrogens (tertiary/aromatic N) is 3. The largest absolute Gasteiger partial charge is 0.453 e. The van der Waals surface area contributed by atoms with Gasteiger partial charge in [-0.15, -0.1) is 0 Å². The Balaban J connectivity index is 1.75. The number of hydrogen-bond donors (Lipinski definition) is 2. The van der Waals surface area contributed by atoms with Crippen LogP contribution in [0, 0.1) is 5.92 Å². The zero-order valence-electron chi connectivity index (χ0n) is 22.9. The normalized spacial score (nSPS) is 12.1. The minimum atomic E-state index is -0.999. The average Bonchev–Trinajstić information content (AvgIpc) is 3.31. The van der Waals surface area contributed by atoms with E-state index in [9.17, 15) is 19.2 Å². The van der Waals surface area contributed by atoms with E-state index in [1.54, 1.807) is 32.4 Å². The first-order chi connectivity index (χ1) is 18.6. The van der Waals surface area contributed by atoms with Crippen LogP contribution in [-0.4, -0.2) is 59.6 Å². The van der Waals surface area contributed by atoms with Crippen LogP contribution in [0.3, 0.4) is 0 Å². The quantitative estimate of drug-likeness (QED) is 0.358. The number of carbonyl (C=O) groups excluding carboxylic acids is 3. The average molecular weight is 538 g/mol. The first-order valence-electron chi connectivity index (χ1n) is 12.7. The van der Waals surface area contributed by atoms with Crippen molar-refractivity contribution >= 4 is 34.7 Å². The minimum absolute atomic E-state index is 0.0362. The van der Waals surface area contributed by atoms with E-state index < -0.39 is 23.6 Å². The Morgan fingerprint density at radius 1 is 1.18 bits per heavy atom. The fourth-order valence-electron chi connectivity index (χ4n) is 3.91. The molecule has 1 atom stereocenters. The topological polar surface area (TPSA) is 136 Å². The summed E-state index contributed by atoms with van der Waals surface area (Å²) in [6.45, 7) is 4.33. The third-order valence-electron chi connectivity index (χ3n) is 5.87. The Hall–Kier alpha value is -4.41. The number of benzene rings is 1. The van der Waals surface area contributed by atoms with Crippen molar-refractivity contribution in [2.24, 2.45) is 5.92 Å². The van der Waals surface area contributed by atoms with E-state index >= 15 is 0 Å². The lowest BCUT2D eigenvalue weighted by atomic mass is 10.0. The summed E-state index contributed by atoms with van der Waals surface area (Å²) in [5.41, 5.74) is 2.06. The number of nitrogens with one attached hydrogen (secondary N) is 2. The van der Waals surface area contributed by atoms with Crippen molar-refractivity contribution in [3.8, 4) is 0 Å². The summed E-state index contributed by atoms with van der Waals surface area (Å²) >= 11 is 0. The van der Waals surface area contributed by atoms with Gasteiger partial charge in [-0.3, -0.25) is 14.4 Å². The molecule has 11 nitrogen and oxygen atoms in total. The van der Waals surface area contributed by atoms with E-state index in [0.29, 0.717) is 23.8 Å². The molecule has 0 aliphatic carbocycles. The van der Waals surface area contributed by atoms with Gasteiger partial charge in [0.15, 0.2) is 5.58 Å². The number of para-hydroxylation sites is 1. The molecule has 11 heteroatoms. The fourth-order valence-corrected chi connectivity index (χ4v) is 3.91. The molecule has 0 radical (unpaired) electrons. The van der Waals surface area contributed by atoms with Crippen molar-refractivity contribution in [2.75, 3.05) is 26.5 Å². The highest BCUT2D eigenvalue weighted by Crippen LogP contribution is 2.23. The molecule has 0 saturated carbocycles. The number of oxazole rings is 1.